The maximum Gasteiger partial charge on any atom is 0.288 e. The van der Waals surface area contributed by atoms with Crippen molar-refractivity contribution in [3.63, 3.8) is 0 Å². The number of nitrogens with one attached hydrogen (secondary N) is 1. The van der Waals surface area contributed by atoms with Gasteiger partial charge < -0.3 is 10.2 Å². The molecule has 0 unspecified atom stereocenters. The number of rotatable bonds is 6. The largest absolute Gasteiger partial charge is 0.367 e. The summed E-state index contributed by atoms with van der Waals surface area (Å²) in [5.41, 5.74) is 1.62. The summed E-state index contributed by atoms with van der Waals surface area (Å²) in [4.78, 5) is 24.9. The topological polar surface area (TPSA) is 113 Å². The minimum absolute atomic E-state index is 0.0245. The number of amides is 1. The first-order valence-electron chi connectivity index (χ1n) is 9.37. The third-order valence-corrected chi connectivity index (χ3v) is 6.43. The summed E-state index contributed by atoms with van der Waals surface area (Å²) in [5.74, 6) is -0.403. The van der Waals surface area contributed by atoms with E-state index in [1.807, 2.05) is 17.0 Å². The highest BCUT2D eigenvalue weighted by atomic mass is 35.5. The highest BCUT2D eigenvalue weighted by Crippen LogP contribution is 2.28. The molecule has 11 heteroatoms. The Morgan fingerprint density at radius 1 is 1.16 bits per heavy atom. The van der Waals surface area contributed by atoms with E-state index in [0.29, 0.717) is 37.4 Å². The van der Waals surface area contributed by atoms with Crippen LogP contribution in [0, 0.1) is 10.1 Å². The van der Waals surface area contributed by atoms with Gasteiger partial charge in [-0.3, -0.25) is 14.9 Å². The summed E-state index contributed by atoms with van der Waals surface area (Å²) in [7, 11) is -3.23. The molecule has 1 amide bonds. The molecule has 2 aromatic carbocycles. The van der Waals surface area contributed by atoms with Crippen molar-refractivity contribution in [3.8, 4) is 0 Å². The maximum absolute atomic E-state index is 12.4. The Labute approximate surface area is 185 Å². The van der Waals surface area contributed by atoms with Crippen molar-refractivity contribution in [2.75, 3.05) is 42.7 Å². The van der Waals surface area contributed by atoms with Gasteiger partial charge in [-0.1, -0.05) is 29.8 Å². The van der Waals surface area contributed by atoms with Gasteiger partial charge in [-0.2, -0.15) is 4.31 Å². The molecule has 1 saturated heterocycles. The van der Waals surface area contributed by atoms with Gasteiger partial charge in [-0.05, 0) is 29.8 Å². The number of carbonyl (C=O) groups is 1. The van der Waals surface area contributed by atoms with Crippen LogP contribution in [-0.4, -0.2) is 56.0 Å². The average molecular weight is 465 g/mol. The van der Waals surface area contributed by atoms with Crippen LogP contribution < -0.4 is 10.2 Å². The van der Waals surface area contributed by atoms with E-state index in [1.165, 1.54) is 34.8 Å². The zero-order valence-corrected chi connectivity index (χ0v) is 18.3. The number of hydrogen-bond donors (Lipinski definition) is 1. The van der Waals surface area contributed by atoms with Crippen molar-refractivity contribution in [2.45, 2.75) is 0 Å². The van der Waals surface area contributed by atoms with Gasteiger partial charge in [0.15, 0.2) is 0 Å². The van der Waals surface area contributed by atoms with Crippen LogP contribution >= 0.6 is 11.6 Å². The molecule has 1 heterocycles. The summed E-state index contributed by atoms with van der Waals surface area (Å²) in [6.45, 7) is 1.75. The molecule has 1 aliphatic heterocycles. The predicted octanol–water partition coefficient (Wildman–Crippen LogP) is 2.98. The number of carbonyl (C=O) groups excluding carboxylic acids is 1. The molecule has 0 saturated carbocycles. The van der Waals surface area contributed by atoms with Crippen molar-refractivity contribution in [1.82, 2.24) is 4.31 Å². The summed E-state index contributed by atoms with van der Waals surface area (Å²) in [5, 5.41) is 13.8. The van der Waals surface area contributed by atoms with Crippen LogP contribution in [0.15, 0.2) is 48.5 Å². The molecular weight excluding hydrogens is 444 g/mol. The number of nitrogens with zero attached hydrogens (tertiary/aromatic N) is 3. The molecule has 3 rings (SSSR count). The highest BCUT2D eigenvalue weighted by molar-refractivity contribution is 7.88. The summed E-state index contributed by atoms with van der Waals surface area (Å²) < 4.78 is 24.8. The Morgan fingerprint density at radius 2 is 1.84 bits per heavy atom. The molecule has 1 aliphatic rings. The Bertz CT molecular complexity index is 1130. The quantitative estimate of drug-likeness (QED) is 0.399. The summed E-state index contributed by atoms with van der Waals surface area (Å²) >= 11 is 5.80. The van der Waals surface area contributed by atoms with Crippen molar-refractivity contribution >= 4 is 50.7 Å². The van der Waals surface area contributed by atoms with E-state index >= 15 is 0 Å². The number of halogens is 1. The van der Waals surface area contributed by atoms with Crippen LogP contribution in [0.4, 0.5) is 17.1 Å². The number of piperazine rings is 1. The van der Waals surface area contributed by atoms with Gasteiger partial charge >= 0.3 is 0 Å². The molecule has 0 bridgehead atoms. The second kappa shape index (κ2) is 9.46. The minimum Gasteiger partial charge on any atom is -0.367 e. The molecule has 0 aliphatic carbocycles. The number of hydrogen-bond acceptors (Lipinski definition) is 6. The van der Waals surface area contributed by atoms with Crippen LogP contribution in [0.25, 0.3) is 6.08 Å². The zero-order valence-electron chi connectivity index (χ0n) is 16.7. The fourth-order valence-electron chi connectivity index (χ4n) is 3.24. The number of nitro groups is 1. The lowest BCUT2D eigenvalue weighted by atomic mass is 10.2. The predicted molar refractivity (Wildman–Crippen MR) is 121 cm³/mol. The molecule has 1 N–H and O–H groups in total. The van der Waals surface area contributed by atoms with E-state index in [9.17, 15) is 23.3 Å². The van der Waals surface area contributed by atoms with Gasteiger partial charge in [-0.15, -0.1) is 0 Å². The first kappa shape index (κ1) is 22.7. The van der Waals surface area contributed by atoms with Gasteiger partial charge in [0.2, 0.25) is 15.9 Å². The number of sulfonamides is 1. The lowest BCUT2D eigenvalue weighted by molar-refractivity contribution is -0.384. The SMILES string of the molecule is CS(=O)(=O)N1CCN(c2ccccc2NC(=O)C=Cc2ccc(Cl)c([N+](=O)[O-])c2)CC1. The van der Waals surface area contributed by atoms with Crippen LogP contribution in [0.5, 0.6) is 0 Å². The molecule has 31 heavy (non-hydrogen) atoms. The molecule has 0 spiro atoms. The fourth-order valence-corrected chi connectivity index (χ4v) is 4.25. The minimum atomic E-state index is -3.23. The van der Waals surface area contributed by atoms with Crippen LogP contribution in [0.3, 0.4) is 0 Å². The second-order valence-corrected chi connectivity index (χ2v) is 9.35. The average Bonchev–Trinajstić information content (AvgIpc) is 2.73. The van der Waals surface area contributed by atoms with Gasteiger partial charge in [-0.25, -0.2) is 8.42 Å². The Morgan fingerprint density at radius 3 is 2.48 bits per heavy atom. The van der Waals surface area contributed by atoms with Crippen molar-refractivity contribution < 1.29 is 18.1 Å². The third-order valence-electron chi connectivity index (χ3n) is 4.80. The summed E-state index contributed by atoms with van der Waals surface area (Å²) in [6, 6.07) is 11.5. The van der Waals surface area contributed by atoms with Crippen LogP contribution in [0.1, 0.15) is 5.56 Å². The molecule has 9 nitrogen and oxygen atoms in total. The number of anilines is 2. The molecule has 2 aromatic rings. The van der Waals surface area contributed by atoms with Crippen molar-refractivity contribution in [1.29, 1.82) is 0 Å². The lowest BCUT2D eigenvalue weighted by Gasteiger charge is -2.35. The highest BCUT2D eigenvalue weighted by Gasteiger charge is 2.24. The van der Waals surface area contributed by atoms with Gasteiger partial charge in [0.05, 0.1) is 22.6 Å². The van der Waals surface area contributed by atoms with E-state index in [-0.39, 0.29) is 10.7 Å². The zero-order chi connectivity index (χ0) is 22.6. The van der Waals surface area contributed by atoms with Gasteiger partial charge in [0.1, 0.15) is 5.02 Å². The monoisotopic (exact) mass is 464 g/mol. The molecular formula is C20H21ClN4O5S. The Kier molecular flexibility index (Phi) is 6.94. The molecule has 1 fully saturated rings. The fraction of sp³-hybridized carbons (Fsp3) is 0.250. The normalized spacial score (nSPS) is 15.2. The van der Waals surface area contributed by atoms with Crippen molar-refractivity contribution in [2.24, 2.45) is 0 Å². The van der Waals surface area contributed by atoms with Crippen LogP contribution in [0.2, 0.25) is 5.02 Å². The van der Waals surface area contributed by atoms with Crippen LogP contribution in [-0.2, 0) is 14.8 Å². The third kappa shape index (κ3) is 5.81. The van der Waals surface area contributed by atoms with E-state index in [1.54, 1.807) is 18.2 Å². The lowest BCUT2D eigenvalue weighted by Crippen LogP contribution is -2.48. The van der Waals surface area contributed by atoms with E-state index in [2.05, 4.69) is 5.32 Å². The van der Waals surface area contributed by atoms with E-state index in [0.717, 1.165) is 5.69 Å². The summed E-state index contributed by atoms with van der Waals surface area (Å²) in [6.07, 6.45) is 3.94. The molecule has 0 atom stereocenters. The molecule has 0 aromatic heterocycles. The smallest absolute Gasteiger partial charge is 0.288 e. The Balaban J connectivity index is 1.70. The second-order valence-electron chi connectivity index (χ2n) is 6.96. The molecule has 0 radical (unpaired) electrons. The van der Waals surface area contributed by atoms with Gasteiger partial charge in [0.25, 0.3) is 5.69 Å². The number of para-hydroxylation sites is 2. The first-order chi connectivity index (χ1) is 14.6. The number of nitro benzene ring substituents is 1. The van der Waals surface area contributed by atoms with E-state index in [4.69, 9.17) is 11.6 Å². The number of benzene rings is 2. The standard InChI is InChI=1S/C20H21ClN4O5S/c1-31(29,30)24-12-10-23(11-13-24)18-5-3-2-4-17(18)22-20(26)9-7-15-6-8-16(21)19(14-15)25(27)28/h2-9,14H,10-13H2,1H3,(H,22,26). The maximum atomic E-state index is 12.4. The van der Waals surface area contributed by atoms with E-state index < -0.39 is 20.9 Å². The molecule has 164 valence electrons. The van der Waals surface area contributed by atoms with Crippen molar-refractivity contribution in [3.05, 3.63) is 69.2 Å². The Hall–Kier alpha value is -2.95. The van der Waals surface area contributed by atoms with Gasteiger partial charge in [0, 0.05) is 38.3 Å². The first-order valence-corrected chi connectivity index (χ1v) is 11.6.